The van der Waals surface area contributed by atoms with Crippen LogP contribution in [0, 0.1) is 0 Å². The van der Waals surface area contributed by atoms with Gasteiger partial charge in [0.05, 0.1) is 13.1 Å². The fourth-order valence-corrected chi connectivity index (χ4v) is 2.31. The van der Waals surface area contributed by atoms with Gasteiger partial charge in [0.1, 0.15) is 13.1 Å². The Morgan fingerprint density at radius 2 is 2.07 bits per heavy atom. The first-order chi connectivity index (χ1) is 7.35. The maximum absolute atomic E-state index is 4.40. The molecule has 0 N–H and O–H groups in total. The predicted octanol–water partition coefficient (Wildman–Crippen LogP) is 2.46. The van der Waals surface area contributed by atoms with E-state index in [9.17, 15) is 0 Å². The highest BCUT2D eigenvalue weighted by Crippen LogP contribution is 2.16. The number of rotatable bonds is 4. The molecule has 2 nitrogen and oxygen atoms in total. The number of nitrogens with zero attached hydrogens (tertiary/aromatic N) is 2. The van der Waals surface area contributed by atoms with Crippen molar-refractivity contribution in [2.75, 3.05) is 19.6 Å². The summed E-state index contributed by atoms with van der Waals surface area (Å²) >= 11 is 0. The average Bonchev–Trinajstić information content (AvgIpc) is 2.69. The van der Waals surface area contributed by atoms with Gasteiger partial charge in [-0.2, -0.15) is 0 Å². The number of quaternary nitrogens is 1. The van der Waals surface area contributed by atoms with E-state index in [0.29, 0.717) is 0 Å². The number of aliphatic imine (C=N–C) groups is 1. The molecule has 0 radical (unpaired) electrons. The van der Waals surface area contributed by atoms with Gasteiger partial charge in [0, 0.05) is 5.56 Å². The molecule has 0 amide bonds. The van der Waals surface area contributed by atoms with Crippen LogP contribution in [0.5, 0.6) is 0 Å². The maximum Gasteiger partial charge on any atom is 0.185 e. The van der Waals surface area contributed by atoms with E-state index in [-0.39, 0.29) is 0 Å². The van der Waals surface area contributed by atoms with Crippen LogP contribution in [0.3, 0.4) is 0 Å². The molecule has 0 saturated carbocycles. The van der Waals surface area contributed by atoms with Crippen molar-refractivity contribution >= 4 is 6.34 Å². The van der Waals surface area contributed by atoms with Crippen molar-refractivity contribution in [2.45, 2.75) is 19.9 Å². The Balaban J connectivity index is 2.11. The second-order valence-electron chi connectivity index (χ2n) is 4.33. The molecule has 0 spiro atoms. The van der Waals surface area contributed by atoms with Gasteiger partial charge < -0.3 is 0 Å². The Labute approximate surface area is 91.8 Å². The van der Waals surface area contributed by atoms with Gasteiger partial charge in [0.2, 0.25) is 0 Å². The lowest BCUT2D eigenvalue weighted by atomic mass is 10.2. The normalized spacial score (nSPS) is 24.6. The molecule has 0 fully saturated rings. The first-order valence-electron chi connectivity index (χ1n) is 5.75. The highest BCUT2D eigenvalue weighted by Gasteiger charge is 2.28. The third-order valence-corrected chi connectivity index (χ3v) is 3.01. The smallest absolute Gasteiger partial charge is 0.185 e. The number of hydrogen-bond donors (Lipinski definition) is 0. The topological polar surface area (TPSA) is 12.4 Å². The molecule has 0 aromatic heterocycles. The van der Waals surface area contributed by atoms with E-state index in [1.807, 2.05) is 0 Å². The standard InChI is InChI=1S/C13H19N2/c1-2-9-15(10-8-14-12-15)11-13-6-4-3-5-7-13/h3-7,12H,2,8-11H2,1H3/q+1. The molecular weight excluding hydrogens is 184 g/mol. The summed E-state index contributed by atoms with van der Waals surface area (Å²) in [7, 11) is 0. The molecule has 1 atom stereocenters. The molecule has 1 aromatic carbocycles. The third-order valence-electron chi connectivity index (χ3n) is 3.01. The molecule has 2 rings (SSSR count). The third kappa shape index (κ3) is 2.45. The van der Waals surface area contributed by atoms with E-state index in [4.69, 9.17) is 0 Å². The molecular formula is C13H19N2+. The summed E-state index contributed by atoms with van der Waals surface area (Å²) in [6, 6.07) is 10.7. The minimum absolute atomic E-state index is 0.993. The molecule has 1 aromatic rings. The second kappa shape index (κ2) is 4.58. The van der Waals surface area contributed by atoms with Crippen LogP contribution in [0.2, 0.25) is 0 Å². The average molecular weight is 203 g/mol. The van der Waals surface area contributed by atoms with Crippen LogP contribution in [0.25, 0.3) is 0 Å². The molecule has 0 saturated heterocycles. The van der Waals surface area contributed by atoms with Crippen molar-refractivity contribution in [2.24, 2.45) is 4.99 Å². The van der Waals surface area contributed by atoms with Crippen LogP contribution in [0.15, 0.2) is 35.3 Å². The van der Waals surface area contributed by atoms with E-state index < -0.39 is 0 Å². The monoisotopic (exact) mass is 203 g/mol. The molecule has 80 valence electrons. The SMILES string of the molecule is CCC[N+]1(Cc2ccccc2)C=NCC1. The molecule has 0 bridgehead atoms. The minimum atomic E-state index is 0.993. The number of hydrogen-bond acceptors (Lipinski definition) is 1. The second-order valence-corrected chi connectivity index (χ2v) is 4.33. The van der Waals surface area contributed by atoms with E-state index in [1.165, 1.54) is 25.1 Å². The summed E-state index contributed by atoms with van der Waals surface area (Å²) in [5.41, 5.74) is 1.42. The van der Waals surface area contributed by atoms with E-state index in [0.717, 1.165) is 17.6 Å². The molecule has 1 aliphatic heterocycles. The van der Waals surface area contributed by atoms with Crippen LogP contribution >= 0.6 is 0 Å². The largest absolute Gasteiger partial charge is 0.276 e. The van der Waals surface area contributed by atoms with Crippen molar-refractivity contribution in [1.29, 1.82) is 0 Å². The van der Waals surface area contributed by atoms with Crippen LogP contribution < -0.4 is 0 Å². The zero-order chi connectivity index (χ0) is 10.6. The molecule has 15 heavy (non-hydrogen) atoms. The lowest BCUT2D eigenvalue weighted by molar-refractivity contribution is -0.842. The van der Waals surface area contributed by atoms with Crippen LogP contribution in [0.4, 0.5) is 0 Å². The molecule has 1 heterocycles. The van der Waals surface area contributed by atoms with Gasteiger partial charge >= 0.3 is 0 Å². The van der Waals surface area contributed by atoms with Crippen molar-refractivity contribution in [1.82, 2.24) is 0 Å². The summed E-state index contributed by atoms with van der Waals surface area (Å²) in [4.78, 5) is 4.40. The Bertz CT molecular complexity index is 332. The van der Waals surface area contributed by atoms with E-state index in [1.54, 1.807) is 0 Å². The highest BCUT2D eigenvalue weighted by atomic mass is 15.4. The zero-order valence-electron chi connectivity index (χ0n) is 9.39. The molecule has 2 heteroatoms. The van der Waals surface area contributed by atoms with Crippen molar-refractivity contribution in [3.05, 3.63) is 35.9 Å². The molecule has 0 aliphatic carbocycles. The van der Waals surface area contributed by atoms with Gasteiger partial charge in [0.15, 0.2) is 6.34 Å². The quantitative estimate of drug-likeness (QED) is 0.667. The van der Waals surface area contributed by atoms with Gasteiger partial charge in [0.25, 0.3) is 0 Å². The summed E-state index contributed by atoms with van der Waals surface area (Å²) < 4.78 is 1.04. The molecule has 1 aliphatic rings. The van der Waals surface area contributed by atoms with Crippen molar-refractivity contribution in [3.63, 3.8) is 0 Å². The Kier molecular flexibility index (Phi) is 3.17. The van der Waals surface area contributed by atoms with Crippen LogP contribution in [-0.2, 0) is 6.54 Å². The Morgan fingerprint density at radius 1 is 1.27 bits per heavy atom. The van der Waals surface area contributed by atoms with E-state index >= 15 is 0 Å². The van der Waals surface area contributed by atoms with Gasteiger partial charge in [-0.05, 0) is 6.42 Å². The van der Waals surface area contributed by atoms with E-state index in [2.05, 4.69) is 48.6 Å². The predicted molar refractivity (Wildman–Crippen MR) is 63.8 cm³/mol. The van der Waals surface area contributed by atoms with Crippen LogP contribution in [0.1, 0.15) is 18.9 Å². The molecule has 1 unspecified atom stereocenters. The van der Waals surface area contributed by atoms with Gasteiger partial charge in [-0.15, -0.1) is 0 Å². The lowest BCUT2D eigenvalue weighted by Gasteiger charge is -2.29. The van der Waals surface area contributed by atoms with Crippen LogP contribution in [-0.4, -0.2) is 30.5 Å². The van der Waals surface area contributed by atoms with Crippen molar-refractivity contribution in [3.8, 4) is 0 Å². The zero-order valence-corrected chi connectivity index (χ0v) is 9.39. The minimum Gasteiger partial charge on any atom is -0.276 e. The van der Waals surface area contributed by atoms with Gasteiger partial charge in [-0.1, -0.05) is 37.3 Å². The lowest BCUT2D eigenvalue weighted by Crippen LogP contribution is -2.45. The maximum atomic E-state index is 4.40. The highest BCUT2D eigenvalue weighted by molar-refractivity contribution is 5.48. The fourth-order valence-electron chi connectivity index (χ4n) is 2.31. The summed E-state index contributed by atoms with van der Waals surface area (Å²) in [5, 5.41) is 0. The van der Waals surface area contributed by atoms with Gasteiger partial charge in [-0.25, -0.2) is 4.99 Å². The summed E-state index contributed by atoms with van der Waals surface area (Å²) in [6.07, 6.45) is 3.37. The Morgan fingerprint density at radius 3 is 2.67 bits per heavy atom. The summed E-state index contributed by atoms with van der Waals surface area (Å²) in [6.45, 7) is 6.71. The van der Waals surface area contributed by atoms with Crippen molar-refractivity contribution < 1.29 is 4.48 Å². The first kappa shape index (κ1) is 10.4. The number of benzene rings is 1. The fraction of sp³-hybridized carbons (Fsp3) is 0.462. The first-order valence-corrected chi connectivity index (χ1v) is 5.75. The Hall–Kier alpha value is -1.15. The van der Waals surface area contributed by atoms with Gasteiger partial charge in [-0.3, -0.25) is 4.48 Å². The summed E-state index contributed by atoms with van der Waals surface area (Å²) in [5.74, 6) is 0.